The summed E-state index contributed by atoms with van der Waals surface area (Å²) in [6.07, 6.45) is 3.35. The first-order chi connectivity index (χ1) is 18.8. The van der Waals surface area contributed by atoms with Gasteiger partial charge in [-0.2, -0.15) is 0 Å². The SMILES string of the molecule is CCC(C)N(CC(=O)N(CCc1c[nH]c2ccccc12)Cc1ccc(N(C)C)cc1)C(=O)c1cccc(F)c1. The van der Waals surface area contributed by atoms with E-state index in [-0.39, 0.29) is 30.0 Å². The van der Waals surface area contributed by atoms with Crippen LogP contribution in [0.2, 0.25) is 0 Å². The summed E-state index contributed by atoms with van der Waals surface area (Å²) in [7, 11) is 3.98. The first-order valence-corrected chi connectivity index (χ1v) is 13.4. The van der Waals surface area contributed by atoms with Crippen molar-refractivity contribution in [1.82, 2.24) is 14.8 Å². The zero-order chi connectivity index (χ0) is 27.9. The number of carbonyl (C=O) groups excluding carboxylic acids is 2. The predicted molar refractivity (Wildman–Crippen MR) is 155 cm³/mol. The van der Waals surface area contributed by atoms with Gasteiger partial charge in [-0.05, 0) is 67.3 Å². The second-order valence-corrected chi connectivity index (χ2v) is 10.2. The first-order valence-electron chi connectivity index (χ1n) is 13.4. The van der Waals surface area contributed by atoms with Crippen LogP contribution in [-0.4, -0.2) is 59.8 Å². The van der Waals surface area contributed by atoms with Gasteiger partial charge in [-0.15, -0.1) is 0 Å². The molecular formula is C32H37FN4O2. The molecule has 0 fully saturated rings. The Labute approximate surface area is 230 Å². The minimum atomic E-state index is -0.474. The number of rotatable bonds is 11. The van der Waals surface area contributed by atoms with Gasteiger partial charge < -0.3 is 19.7 Å². The van der Waals surface area contributed by atoms with Crippen LogP contribution in [0.1, 0.15) is 41.8 Å². The van der Waals surface area contributed by atoms with Gasteiger partial charge in [-0.25, -0.2) is 4.39 Å². The summed E-state index contributed by atoms with van der Waals surface area (Å²) >= 11 is 0. The molecular weight excluding hydrogens is 491 g/mol. The number of nitrogens with zero attached hydrogens (tertiary/aromatic N) is 3. The van der Waals surface area contributed by atoms with Crippen molar-refractivity contribution < 1.29 is 14.0 Å². The average Bonchev–Trinajstić information content (AvgIpc) is 3.36. The Morgan fingerprint density at radius 2 is 1.72 bits per heavy atom. The molecule has 1 atom stereocenters. The van der Waals surface area contributed by atoms with Gasteiger partial charge in [-0.3, -0.25) is 9.59 Å². The summed E-state index contributed by atoms with van der Waals surface area (Å²) in [5.74, 6) is -0.960. The van der Waals surface area contributed by atoms with Crippen LogP contribution in [0.3, 0.4) is 0 Å². The Bertz CT molecular complexity index is 1410. The molecule has 0 aliphatic rings. The topological polar surface area (TPSA) is 59.7 Å². The minimum absolute atomic E-state index is 0.0754. The van der Waals surface area contributed by atoms with Crippen LogP contribution in [0.25, 0.3) is 10.9 Å². The van der Waals surface area contributed by atoms with E-state index in [0.717, 1.165) is 27.7 Å². The van der Waals surface area contributed by atoms with Crippen LogP contribution in [0.5, 0.6) is 0 Å². The molecule has 1 N–H and O–H groups in total. The van der Waals surface area contributed by atoms with Crippen molar-refractivity contribution in [2.45, 2.75) is 39.3 Å². The van der Waals surface area contributed by atoms with Crippen molar-refractivity contribution in [3.05, 3.63) is 102 Å². The molecule has 4 aromatic rings. The Balaban J connectivity index is 1.57. The van der Waals surface area contributed by atoms with E-state index >= 15 is 0 Å². The van der Waals surface area contributed by atoms with E-state index in [2.05, 4.69) is 11.1 Å². The van der Waals surface area contributed by atoms with Gasteiger partial charge in [0.15, 0.2) is 0 Å². The van der Waals surface area contributed by atoms with Gasteiger partial charge in [0, 0.05) is 61.6 Å². The second-order valence-electron chi connectivity index (χ2n) is 10.2. The maximum absolute atomic E-state index is 13.9. The predicted octanol–water partition coefficient (Wildman–Crippen LogP) is 5.89. The van der Waals surface area contributed by atoms with E-state index in [1.165, 1.54) is 18.2 Å². The molecule has 0 saturated heterocycles. The zero-order valence-electron chi connectivity index (χ0n) is 23.2. The van der Waals surface area contributed by atoms with Gasteiger partial charge in [-0.1, -0.05) is 43.3 Å². The summed E-state index contributed by atoms with van der Waals surface area (Å²) in [6.45, 7) is 4.74. The fourth-order valence-electron chi connectivity index (χ4n) is 4.69. The largest absolute Gasteiger partial charge is 0.378 e. The number of halogens is 1. The third-order valence-electron chi connectivity index (χ3n) is 7.27. The molecule has 1 unspecified atom stereocenters. The summed E-state index contributed by atoms with van der Waals surface area (Å²) in [6, 6.07) is 21.7. The van der Waals surface area contributed by atoms with E-state index in [1.807, 2.05) is 86.4 Å². The highest BCUT2D eigenvalue weighted by molar-refractivity contribution is 5.96. The lowest BCUT2D eigenvalue weighted by atomic mass is 10.1. The molecule has 0 saturated carbocycles. The number of hydrogen-bond donors (Lipinski definition) is 1. The highest BCUT2D eigenvalue weighted by Crippen LogP contribution is 2.20. The van der Waals surface area contributed by atoms with Gasteiger partial charge in [0.25, 0.3) is 5.91 Å². The summed E-state index contributed by atoms with van der Waals surface area (Å²) in [5.41, 5.74) is 4.54. The second kappa shape index (κ2) is 12.6. The summed E-state index contributed by atoms with van der Waals surface area (Å²) in [4.78, 5) is 35.9. The zero-order valence-corrected chi connectivity index (χ0v) is 23.2. The van der Waals surface area contributed by atoms with Crippen molar-refractivity contribution in [1.29, 1.82) is 0 Å². The highest BCUT2D eigenvalue weighted by Gasteiger charge is 2.26. The molecule has 4 rings (SSSR count). The molecule has 1 aromatic heterocycles. The Morgan fingerprint density at radius 3 is 2.41 bits per heavy atom. The lowest BCUT2D eigenvalue weighted by molar-refractivity contribution is -0.133. The standard InChI is InChI=1S/C32H37FN4O2/c1-5-23(2)37(32(39)25-9-8-10-27(33)19-25)22-31(38)36(21-24-13-15-28(16-14-24)35(3)4)18-17-26-20-34-30-12-7-6-11-29(26)30/h6-16,19-20,23,34H,5,17-18,21-22H2,1-4H3. The third-order valence-corrected chi connectivity index (χ3v) is 7.27. The Kier molecular flexibility index (Phi) is 9.02. The van der Waals surface area contributed by atoms with Gasteiger partial charge in [0.2, 0.25) is 5.91 Å². The number of aromatic nitrogens is 1. The lowest BCUT2D eigenvalue weighted by Crippen LogP contribution is -2.46. The number of amides is 2. The normalized spacial score (nSPS) is 11.8. The maximum Gasteiger partial charge on any atom is 0.254 e. The van der Waals surface area contributed by atoms with Crippen LogP contribution in [0.4, 0.5) is 10.1 Å². The number of anilines is 1. The van der Waals surface area contributed by atoms with Crippen molar-refractivity contribution >= 4 is 28.4 Å². The average molecular weight is 529 g/mol. The minimum Gasteiger partial charge on any atom is -0.378 e. The number of hydrogen-bond acceptors (Lipinski definition) is 3. The van der Waals surface area contributed by atoms with Gasteiger partial charge in [0.05, 0.1) is 0 Å². The summed E-state index contributed by atoms with van der Waals surface area (Å²) < 4.78 is 13.9. The molecule has 39 heavy (non-hydrogen) atoms. The molecule has 204 valence electrons. The molecule has 0 spiro atoms. The molecule has 0 aliphatic heterocycles. The van der Waals surface area contributed by atoms with Crippen LogP contribution in [0, 0.1) is 5.82 Å². The van der Waals surface area contributed by atoms with Crippen molar-refractivity contribution in [3.8, 4) is 0 Å². The third kappa shape index (κ3) is 6.85. The molecule has 6 nitrogen and oxygen atoms in total. The van der Waals surface area contributed by atoms with Crippen LogP contribution < -0.4 is 4.90 Å². The number of carbonyl (C=O) groups is 2. The van der Waals surface area contributed by atoms with Crippen LogP contribution >= 0.6 is 0 Å². The molecule has 0 bridgehead atoms. The molecule has 1 heterocycles. The molecule has 2 amide bonds. The molecule has 0 aliphatic carbocycles. The monoisotopic (exact) mass is 528 g/mol. The number of para-hydroxylation sites is 1. The number of aromatic amines is 1. The Hall–Kier alpha value is -4.13. The molecule has 3 aromatic carbocycles. The van der Waals surface area contributed by atoms with E-state index in [4.69, 9.17) is 0 Å². The maximum atomic E-state index is 13.9. The van der Waals surface area contributed by atoms with Gasteiger partial charge >= 0.3 is 0 Å². The molecule has 7 heteroatoms. The van der Waals surface area contributed by atoms with Crippen LogP contribution in [0.15, 0.2) is 79.0 Å². The number of H-pyrrole nitrogens is 1. The van der Waals surface area contributed by atoms with Crippen molar-refractivity contribution in [2.24, 2.45) is 0 Å². The fourth-order valence-corrected chi connectivity index (χ4v) is 4.69. The Morgan fingerprint density at radius 1 is 0.974 bits per heavy atom. The lowest BCUT2D eigenvalue weighted by Gasteiger charge is -2.31. The highest BCUT2D eigenvalue weighted by atomic mass is 19.1. The summed E-state index contributed by atoms with van der Waals surface area (Å²) in [5, 5.41) is 1.14. The number of benzene rings is 3. The van der Waals surface area contributed by atoms with E-state index in [1.54, 1.807) is 11.0 Å². The van der Waals surface area contributed by atoms with Crippen molar-refractivity contribution in [2.75, 3.05) is 32.1 Å². The quantitative estimate of drug-likeness (QED) is 0.264. The number of nitrogens with one attached hydrogen (secondary N) is 1. The first kappa shape index (κ1) is 27.9. The smallest absolute Gasteiger partial charge is 0.254 e. The number of fused-ring (bicyclic) bond motifs is 1. The van der Waals surface area contributed by atoms with E-state index < -0.39 is 5.82 Å². The van der Waals surface area contributed by atoms with Gasteiger partial charge in [0.1, 0.15) is 12.4 Å². The fraction of sp³-hybridized carbons (Fsp3) is 0.312. The van der Waals surface area contributed by atoms with E-state index in [9.17, 15) is 14.0 Å². The van der Waals surface area contributed by atoms with E-state index in [0.29, 0.717) is 25.9 Å². The van der Waals surface area contributed by atoms with Crippen LogP contribution in [-0.2, 0) is 17.8 Å². The van der Waals surface area contributed by atoms with Crippen molar-refractivity contribution in [3.63, 3.8) is 0 Å². The molecule has 0 radical (unpaired) electrons.